The zero-order chi connectivity index (χ0) is 26.7. The lowest BCUT2D eigenvalue weighted by Gasteiger charge is -2.47. The Kier molecular flexibility index (Phi) is 6.18. The molecule has 2 fully saturated rings. The molecule has 0 atom stereocenters. The lowest BCUT2D eigenvalue weighted by molar-refractivity contribution is -0.137. The van der Waals surface area contributed by atoms with E-state index in [9.17, 15) is 18.0 Å². The predicted octanol–water partition coefficient (Wildman–Crippen LogP) is 5.68. The molecule has 1 amide bonds. The summed E-state index contributed by atoms with van der Waals surface area (Å²) in [5.41, 5.74) is 0.345. The van der Waals surface area contributed by atoms with Crippen LogP contribution in [0.5, 0.6) is 0 Å². The average molecular weight is 543 g/mol. The second-order valence-electron chi connectivity index (χ2n) is 10.8. The van der Waals surface area contributed by atoms with E-state index in [1.54, 1.807) is 18.0 Å². The molecule has 3 aliphatic rings. The zero-order valence-electron chi connectivity index (χ0n) is 21.3. The number of anilines is 2. The molecule has 3 aromatic heterocycles. The molecule has 11 heteroatoms. The average Bonchev–Trinajstić information content (AvgIpc) is 3.32. The largest absolute Gasteiger partial charge is 0.420 e. The molecular weight excluding hydrogens is 513 g/mol. The summed E-state index contributed by atoms with van der Waals surface area (Å²) in [6.07, 6.45) is 3.04. The number of likely N-dealkylation sites (N-methyl/N-ethyl adjacent to an activating group) is 1. The van der Waals surface area contributed by atoms with Gasteiger partial charge >= 0.3 is 6.18 Å². The molecule has 0 aromatic carbocycles. The van der Waals surface area contributed by atoms with Gasteiger partial charge in [0.15, 0.2) is 0 Å². The Balaban J connectivity index is 1.31. The van der Waals surface area contributed by atoms with Crippen molar-refractivity contribution in [2.75, 3.05) is 39.0 Å². The molecule has 7 nitrogen and oxygen atoms in total. The van der Waals surface area contributed by atoms with E-state index in [-0.39, 0.29) is 23.0 Å². The van der Waals surface area contributed by atoms with Crippen LogP contribution < -0.4 is 5.32 Å². The third kappa shape index (κ3) is 4.45. The minimum atomic E-state index is -4.64. The number of thiophene rings is 1. The van der Waals surface area contributed by atoms with Gasteiger partial charge in [-0.15, -0.1) is 11.3 Å². The molecule has 200 valence electrons. The standard InChI is InChI=1S/C27H29F3N6OS/c1-35-10-6-16(7-11-35)17-4-5-21(31-13-17)33-25-32-14-19(27(28,29)30)22(34-25)20-12-18-23(38-20)26(8-3-9-26)15-36(2)24(18)37/h4-5,12-14,16H,3,6-11,15H2,1-2H3,(H,31,32,33,34). The van der Waals surface area contributed by atoms with Crippen LogP contribution >= 0.6 is 11.3 Å². The molecule has 5 heterocycles. The first-order chi connectivity index (χ1) is 18.1. The highest BCUT2D eigenvalue weighted by Gasteiger charge is 2.48. The summed E-state index contributed by atoms with van der Waals surface area (Å²) < 4.78 is 42.0. The number of carbonyl (C=O) groups is 1. The Morgan fingerprint density at radius 3 is 2.50 bits per heavy atom. The molecule has 0 radical (unpaired) electrons. The fourth-order valence-corrected chi connectivity index (χ4v) is 7.26. The van der Waals surface area contributed by atoms with Crippen molar-refractivity contribution < 1.29 is 18.0 Å². The number of pyridine rings is 1. The van der Waals surface area contributed by atoms with Crippen molar-refractivity contribution in [3.8, 4) is 10.6 Å². The van der Waals surface area contributed by atoms with E-state index in [0.29, 0.717) is 28.7 Å². The predicted molar refractivity (Wildman–Crippen MR) is 140 cm³/mol. The number of nitrogens with zero attached hydrogens (tertiary/aromatic N) is 5. The van der Waals surface area contributed by atoms with Gasteiger partial charge in [-0.05, 0) is 69.4 Å². The van der Waals surface area contributed by atoms with Crippen LogP contribution in [-0.2, 0) is 11.6 Å². The first-order valence-corrected chi connectivity index (χ1v) is 13.7. The highest BCUT2D eigenvalue weighted by molar-refractivity contribution is 7.16. The number of piperidine rings is 1. The van der Waals surface area contributed by atoms with Gasteiger partial charge in [-0.25, -0.2) is 15.0 Å². The van der Waals surface area contributed by atoms with E-state index >= 15 is 0 Å². The van der Waals surface area contributed by atoms with Gasteiger partial charge in [0.2, 0.25) is 5.95 Å². The number of hydrogen-bond donors (Lipinski definition) is 1. The molecule has 2 aliphatic heterocycles. The van der Waals surface area contributed by atoms with E-state index in [4.69, 9.17) is 0 Å². The van der Waals surface area contributed by atoms with Crippen LogP contribution in [0, 0.1) is 0 Å². The van der Waals surface area contributed by atoms with Crippen molar-refractivity contribution in [2.45, 2.75) is 49.6 Å². The number of hydrogen-bond acceptors (Lipinski definition) is 7. The summed E-state index contributed by atoms with van der Waals surface area (Å²) in [4.78, 5) is 30.8. The van der Waals surface area contributed by atoms with Gasteiger partial charge in [-0.1, -0.05) is 12.5 Å². The summed E-state index contributed by atoms with van der Waals surface area (Å²) in [6, 6.07) is 5.39. The Labute approximate surface area is 223 Å². The minimum Gasteiger partial charge on any atom is -0.341 e. The lowest BCUT2D eigenvalue weighted by atomic mass is 9.65. The third-order valence-corrected chi connectivity index (χ3v) is 9.57. The van der Waals surface area contributed by atoms with Crippen LogP contribution in [0.4, 0.5) is 24.9 Å². The molecule has 1 N–H and O–H groups in total. The van der Waals surface area contributed by atoms with E-state index in [1.807, 2.05) is 18.3 Å². The van der Waals surface area contributed by atoms with Crippen molar-refractivity contribution in [3.63, 3.8) is 0 Å². The van der Waals surface area contributed by atoms with Crippen molar-refractivity contribution in [2.24, 2.45) is 0 Å². The van der Waals surface area contributed by atoms with Crippen LogP contribution in [0.2, 0.25) is 0 Å². The van der Waals surface area contributed by atoms with Gasteiger partial charge in [0, 0.05) is 36.3 Å². The molecular formula is C27H29F3N6OS. The summed E-state index contributed by atoms with van der Waals surface area (Å²) >= 11 is 1.26. The molecule has 1 spiro atoms. The quantitative estimate of drug-likeness (QED) is 0.457. The van der Waals surface area contributed by atoms with Crippen molar-refractivity contribution >= 4 is 29.0 Å². The number of alkyl halides is 3. The van der Waals surface area contributed by atoms with E-state index in [1.165, 1.54) is 11.3 Å². The topological polar surface area (TPSA) is 74.2 Å². The minimum absolute atomic E-state index is 0.0284. The molecule has 1 saturated heterocycles. The number of likely N-dealkylation sites (tertiary alicyclic amines) is 1. The number of carbonyl (C=O) groups excluding carboxylic acids is 1. The van der Waals surface area contributed by atoms with Crippen LogP contribution in [-0.4, -0.2) is 64.4 Å². The Hall–Kier alpha value is -3.05. The summed E-state index contributed by atoms with van der Waals surface area (Å²) in [5.74, 6) is 0.783. The molecule has 1 saturated carbocycles. The first kappa shape index (κ1) is 25.2. The molecule has 38 heavy (non-hydrogen) atoms. The molecule has 6 rings (SSSR count). The molecule has 1 aliphatic carbocycles. The monoisotopic (exact) mass is 542 g/mol. The number of nitrogens with one attached hydrogen (secondary N) is 1. The maximum atomic E-state index is 14.0. The second kappa shape index (κ2) is 9.30. The first-order valence-electron chi connectivity index (χ1n) is 12.9. The number of halogens is 3. The number of rotatable bonds is 4. The fourth-order valence-electron chi connectivity index (χ4n) is 5.87. The van der Waals surface area contributed by atoms with Crippen LogP contribution in [0.25, 0.3) is 10.6 Å². The van der Waals surface area contributed by atoms with Gasteiger partial charge in [-0.2, -0.15) is 13.2 Å². The maximum Gasteiger partial charge on any atom is 0.420 e. The summed E-state index contributed by atoms with van der Waals surface area (Å²) in [7, 11) is 3.87. The highest BCUT2D eigenvalue weighted by atomic mass is 32.1. The number of amides is 1. The molecule has 3 aromatic rings. The Morgan fingerprint density at radius 1 is 1.11 bits per heavy atom. The van der Waals surface area contributed by atoms with E-state index < -0.39 is 11.7 Å². The number of aromatic nitrogens is 3. The third-order valence-electron chi connectivity index (χ3n) is 8.19. The molecule has 0 bridgehead atoms. The van der Waals surface area contributed by atoms with Crippen LogP contribution in [0.3, 0.4) is 0 Å². The van der Waals surface area contributed by atoms with Gasteiger partial charge in [0.1, 0.15) is 11.4 Å². The molecule has 0 unspecified atom stereocenters. The van der Waals surface area contributed by atoms with Crippen LogP contribution in [0.15, 0.2) is 30.6 Å². The van der Waals surface area contributed by atoms with Gasteiger partial charge in [-0.3, -0.25) is 4.79 Å². The summed E-state index contributed by atoms with van der Waals surface area (Å²) in [6.45, 7) is 2.69. The van der Waals surface area contributed by atoms with Crippen molar-refractivity contribution in [3.05, 3.63) is 52.2 Å². The van der Waals surface area contributed by atoms with E-state index in [0.717, 1.165) is 61.8 Å². The van der Waals surface area contributed by atoms with Gasteiger partial charge < -0.3 is 15.1 Å². The number of fused-ring (bicyclic) bond motifs is 2. The van der Waals surface area contributed by atoms with Crippen LogP contribution in [0.1, 0.15) is 64.4 Å². The van der Waals surface area contributed by atoms with E-state index in [2.05, 4.69) is 32.2 Å². The Bertz CT molecular complexity index is 1360. The Morgan fingerprint density at radius 2 is 1.87 bits per heavy atom. The summed E-state index contributed by atoms with van der Waals surface area (Å²) in [5, 5.41) is 2.97. The SMILES string of the molecule is CN1CCC(c2ccc(Nc3ncc(C(F)(F)F)c(-c4cc5c(s4)C4(CCC4)CN(C)C5=O)n3)nc2)CC1. The van der Waals surface area contributed by atoms with Crippen molar-refractivity contribution in [1.82, 2.24) is 24.8 Å². The second-order valence-corrected chi connectivity index (χ2v) is 11.8. The zero-order valence-corrected chi connectivity index (χ0v) is 22.1. The van der Waals surface area contributed by atoms with Gasteiger partial charge in [0.25, 0.3) is 5.91 Å². The fraction of sp³-hybridized carbons (Fsp3) is 0.481. The normalized spacial score (nSPS) is 19.9. The van der Waals surface area contributed by atoms with Crippen molar-refractivity contribution in [1.29, 1.82) is 0 Å². The van der Waals surface area contributed by atoms with Gasteiger partial charge in [0.05, 0.1) is 16.1 Å². The highest BCUT2D eigenvalue weighted by Crippen LogP contribution is 2.53. The lowest BCUT2D eigenvalue weighted by Crippen LogP contribution is -2.50. The maximum absolute atomic E-state index is 14.0. The smallest absolute Gasteiger partial charge is 0.341 e.